The molecule has 1 N–H and O–H groups in total. The monoisotopic (exact) mass is 268 g/mol. The van der Waals surface area contributed by atoms with Gasteiger partial charge >= 0.3 is 0 Å². The Morgan fingerprint density at radius 1 is 1.33 bits per heavy atom. The summed E-state index contributed by atoms with van der Waals surface area (Å²) < 4.78 is 25.7. The van der Waals surface area contributed by atoms with Gasteiger partial charge in [-0.15, -0.1) is 0 Å². The minimum atomic E-state index is -3.53. The van der Waals surface area contributed by atoms with Crippen LogP contribution in [0.25, 0.3) is 0 Å². The van der Waals surface area contributed by atoms with Gasteiger partial charge in [-0.1, -0.05) is 12.1 Å². The van der Waals surface area contributed by atoms with Crippen molar-refractivity contribution in [2.24, 2.45) is 4.99 Å². The first-order chi connectivity index (χ1) is 8.31. The van der Waals surface area contributed by atoms with Gasteiger partial charge in [0.05, 0.1) is 11.3 Å². The van der Waals surface area contributed by atoms with E-state index in [1.807, 2.05) is 0 Å². The van der Waals surface area contributed by atoms with Gasteiger partial charge in [-0.05, 0) is 32.4 Å². The Morgan fingerprint density at radius 2 is 2.00 bits per heavy atom. The number of sulfonamides is 1. The Kier molecular flexibility index (Phi) is 3.16. The van der Waals surface area contributed by atoms with Gasteiger partial charge < -0.3 is 5.11 Å². The largest absolute Gasteiger partial charge is 0.390 e. The molecule has 2 rings (SSSR count). The molecule has 1 aromatic rings. The Morgan fingerprint density at radius 3 is 2.67 bits per heavy atom. The van der Waals surface area contributed by atoms with E-state index in [9.17, 15) is 13.5 Å². The van der Waals surface area contributed by atoms with Gasteiger partial charge in [-0.25, -0.2) is 13.4 Å². The van der Waals surface area contributed by atoms with E-state index in [0.29, 0.717) is 12.1 Å². The molecule has 0 atom stereocenters. The van der Waals surface area contributed by atoms with E-state index in [1.54, 1.807) is 32.0 Å². The minimum absolute atomic E-state index is 0.211. The van der Waals surface area contributed by atoms with E-state index in [4.69, 9.17) is 0 Å². The highest BCUT2D eigenvalue weighted by Crippen LogP contribution is 2.30. The number of fused-ring (bicyclic) bond motifs is 1. The summed E-state index contributed by atoms with van der Waals surface area (Å²) in [6, 6.07) is 6.62. The zero-order valence-corrected chi connectivity index (χ0v) is 11.2. The minimum Gasteiger partial charge on any atom is -0.390 e. The maximum absolute atomic E-state index is 12.3. The summed E-state index contributed by atoms with van der Waals surface area (Å²) in [7, 11) is -3.53. The standard InChI is InChI=1S/C12H16N2O3S/c1-12(2,15)7-8-14-9-13-10-5-3-4-6-11(10)18(14,16)17/h3-6,9,15H,7-8H2,1-2H3. The van der Waals surface area contributed by atoms with Crippen LogP contribution in [0.15, 0.2) is 34.2 Å². The summed E-state index contributed by atoms with van der Waals surface area (Å²) in [5, 5.41) is 9.65. The predicted molar refractivity (Wildman–Crippen MR) is 69.4 cm³/mol. The lowest BCUT2D eigenvalue weighted by molar-refractivity contribution is 0.0690. The van der Waals surface area contributed by atoms with Gasteiger partial charge in [0.2, 0.25) is 0 Å². The molecule has 0 bridgehead atoms. The predicted octanol–water partition coefficient (Wildman–Crippen LogP) is 1.51. The second kappa shape index (κ2) is 4.37. The van der Waals surface area contributed by atoms with Crippen molar-refractivity contribution in [1.82, 2.24) is 4.31 Å². The first kappa shape index (κ1) is 13.0. The Bertz CT molecular complexity index is 573. The van der Waals surface area contributed by atoms with Crippen LogP contribution in [0.4, 0.5) is 5.69 Å². The highest BCUT2D eigenvalue weighted by atomic mass is 32.2. The third-order valence-electron chi connectivity index (χ3n) is 2.72. The highest BCUT2D eigenvalue weighted by molar-refractivity contribution is 7.89. The number of aliphatic hydroxyl groups is 1. The lowest BCUT2D eigenvalue weighted by Crippen LogP contribution is -2.36. The van der Waals surface area contributed by atoms with Crippen molar-refractivity contribution in [3.8, 4) is 0 Å². The third kappa shape index (κ3) is 2.54. The van der Waals surface area contributed by atoms with Crippen LogP contribution in [0.2, 0.25) is 0 Å². The second-order valence-corrected chi connectivity index (χ2v) is 6.75. The van der Waals surface area contributed by atoms with Crippen LogP contribution in [0.3, 0.4) is 0 Å². The highest BCUT2D eigenvalue weighted by Gasteiger charge is 2.29. The summed E-state index contributed by atoms with van der Waals surface area (Å²) in [5.74, 6) is 0. The van der Waals surface area contributed by atoms with E-state index in [0.717, 1.165) is 0 Å². The topological polar surface area (TPSA) is 70.0 Å². The fourth-order valence-electron chi connectivity index (χ4n) is 1.66. The number of hydrogen-bond acceptors (Lipinski definition) is 4. The summed E-state index contributed by atoms with van der Waals surface area (Å²) >= 11 is 0. The van der Waals surface area contributed by atoms with Crippen molar-refractivity contribution in [2.75, 3.05) is 6.54 Å². The lowest BCUT2D eigenvalue weighted by atomic mass is 10.1. The number of hydrogen-bond donors (Lipinski definition) is 1. The molecule has 5 nitrogen and oxygen atoms in total. The fraction of sp³-hybridized carbons (Fsp3) is 0.417. The van der Waals surface area contributed by atoms with Gasteiger partial charge in [-0.3, -0.25) is 4.31 Å². The van der Waals surface area contributed by atoms with Crippen LogP contribution < -0.4 is 0 Å². The molecule has 0 amide bonds. The number of benzene rings is 1. The summed E-state index contributed by atoms with van der Waals surface area (Å²) in [6.45, 7) is 3.51. The Hall–Kier alpha value is -1.40. The molecule has 0 unspecified atom stereocenters. The molecular formula is C12H16N2O3S. The number of rotatable bonds is 3. The Labute approximate surface area is 107 Å². The molecule has 0 aromatic heterocycles. The van der Waals surface area contributed by atoms with E-state index in [-0.39, 0.29) is 11.4 Å². The van der Waals surface area contributed by atoms with Gasteiger partial charge in [0.1, 0.15) is 11.2 Å². The van der Waals surface area contributed by atoms with Crippen LogP contribution in [0.1, 0.15) is 20.3 Å². The molecule has 1 aliphatic heterocycles. The maximum Gasteiger partial charge on any atom is 0.267 e. The van der Waals surface area contributed by atoms with Crippen molar-refractivity contribution in [2.45, 2.75) is 30.8 Å². The molecular weight excluding hydrogens is 252 g/mol. The SMILES string of the molecule is CC(C)(O)CCN1C=Nc2ccccc2S1(=O)=O. The van der Waals surface area contributed by atoms with Crippen LogP contribution in [-0.2, 0) is 10.0 Å². The average molecular weight is 268 g/mol. The second-order valence-electron chi connectivity index (χ2n) is 4.89. The third-order valence-corrected chi connectivity index (χ3v) is 4.52. The van der Waals surface area contributed by atoms with E-state index >= 15 is 0 Å². The molecule has 0 fully saturated rings. The van der Waals surface area contributed by atoms with E-state index in [1.165, 1.54) is 16.7 Å². The molecule has 6 heteroatoms. The first-order valence-corrected chi connectivity index (χ1v) is 7.12. The zero-order valence-electron chi connectivity index (χ0n) is 10.4. The maximum atomic E-state index is 12.3. The van der Waals surface area contributed by atoms with Gasteiger partial charge in [0, 0.05) is 6.54 Å². The zero-order chi connectivity index (χ0) is 13.4. The van der Waals surface area contributed by atoms with Crippen LogP contribution in [0.5, 0.6) is 0 Å². The normalized spacial score (nSPS) is 17.6. The molecule has 0 spiro atoms. The fourth-order valence-corrected chi connectivity index (χ4v) is 3.05. The Balaban J connectivity index is 2.28. The summed E-state index contributed by atoms with van der Waals surface area (Å²) in [5.41, 5.74) is -0.447. The van der Waals surface area contributed by atoms with E-state index < -0.39 is 15.6 Å². The van der Waals surface area contributed by atoms with Crippen molar-refractivity contribution in [3.63, 3.8) is 0 Å². The molecule has 0 aliphatic carbocycles. The van der Waals surface area contributed by atoms with E-state index in [2.05, 4.69) is 4.99 Å². The van der Waals surface area contributed by atoms with Crippen molar-refractivity contribution < 1.29 is 13.5 Å². The summed E-state index contributed by atoms with van der Waals surface area (Å²) in [6.07, 6.45) is 1.66. The average Bonchev–Trinajstić information content (AvgIpc) is 2.27. The molecule has 0 saturated carbocycles. The first-order valence-electron chi connectivity index (χ1n) is 5.68. The van der Waals surface area contributed by atoms with Crippen LogP contribution in [0, 0.1) is 0 Å². The summed E-state index contributed by atoms with van der Waals surface area (Å²) in [4.78, 5) is 4.32. The van der Waals surface area contributed by atoms with Crippen molar-refractivity contribution >= 4 is 22.0 Å². The van der Waals surface area contributed by atoms with Crippen molar-refractivity contribution in [3.05, 3.63) is 24.3 Å². The van der Waals surface area contributed by atoms with Crippen LogP contribution in [-0.4, -0.2) is 36.3 Å². The molecule has 1 heterocycles. The van der Waals surface area contributed by atoms with Gasteiger partial charge in [0.15, 0.2) is 0 Å². The molecule has 1 aliphatic rings. The number of nitrogens with zero attached hydrogens (tertiary/aromatic N) is 2. The lowest BCUT2D eigenvalue weighted by Gasteiger charge is -2.26. The molecule has 98 valence electrons. The molecule has 0 radical (unpaired) electrons. The van der Waals surface area contributed by atoms with Gasteiger partial charge in [0.25, 0.3) is 10.0 Å². The van der Waals surface area contributed by atoms with Crippen LogP contribution >= 0.6 is 0 Å². The van der Waals surface area contributed by atoms with Crippen molar-refractivity contribution in [1.29, 1.82) is 0 Å². The molecule has 18 heavy (non-hydrogen) atoms. The molecule has 1 aromatic carbocycles. The smallest absolute Gasteiger partial charge is 0.267 e. The molecule has 0 saturated heterocycles. The quantitative estimate of drug-likeness (QED) is 0.903. The number of aliphatic imine (C=N–C) groups is 1. The van der Waals surface area contributed by atoms with Gasteiger partial charge in [-0.2, -0.15) is 0 Å². The number of para-hydroxylation sites is 1.